The number of ketones is 1. The maximum atomic E-state index is 12.0. The molecule has 0 aliphatic rings. The Morgan fingerprint density at radius 2 is 1.95 bits per heavy atom. The quantitative estimate of drug-likeness (QED) is 0.554. The van der Waals surface area contributed by atoms with Crippen LogP contribution in [0.1, 0.15) is 30.6 Å². The van der Waals surface area contributed by atoms with Gasteiger partial charge in [0.2, 0.25) is 0 Å². The van der Waals surface area contributed by atoms with E-state index in [4.69, 9.17) is 4.74 Å². The Kier molecular flexibility index (Phi) is 7.08. The second-order valence-corrected chi connectivity index (χ2v) is 5.37. The van der Waals surface area contributed by atoms with Crippen LogP contribution >= 0.6 is 15.9 Å². The normalized spacial score (nSPS) is 11.6. The molecule has 0 aliphatic carbocycles. The molecular weight excluding hydrogens is 340 g/mol. The van der Waals surface area contributed by atoms with Crippen molar-refractivity contribution < 1.29 is 23.9 Å². The number of rotatable bonds is 7. The number of carbonyl (C=O) groups excluding carboxylic acids is 3. The highest BCUT2D eigenvalue weighted by atomic mass is 79.9. The predicted octanol–water partition coefficient (Wildman–Crippen LogP) is 2.76. The molecule has 0 N–H and O–H groups in total. The van der Waals surface area contributed by atoms with Gasteiger partial charge in [-0.05, 0) is 19.1 Å². The first-order valence-corrected chi connectivity index (χ1v) is 7.34. The monoisotopic (exact) mass is 356 g/mol. The zero-order valence-electron chi connectivity index (χ0n) is 11.9. The first kappa shape index (κ1) is 17.4. The highest BCUT2D eigenvalue weighted by molar-refractivity contribution is 9.10. The molecule has 114 valence electrons. The van der Waals surface area contributed by atoms with Crippen molar-refractivity contribution in [2.45, 2.75) is 20.3 Å². The topological polar surface area (TPSA) is 69.7 Å². The summed E-state index contributed by atoms with van der Waals surface area (Å²) in [5.41, 5.74) is 0.523. The van der Waals surface area contributed by atoms with Crippen molar-refractivity contribution in [1.82, 2.24) is 0 Å². The predicted molar refractivity (Wildman–Crippen MR) is 79.8 cm³/mol. The van der Waals surface area contributed by atoms with Gasteiger partial charge < -0.3 is 9.47 Å². The summed E-state index contributed by atoms with van der Waals surface area (Å²) in [6, 6.07) is 6.94. The Labute approximate surface area is 131 Å². The smallest absolute Gasteiger partial charge is 0.344 e. The van der Waals surface area contributed by atoms with E-state index in [1.54, 1.807) is 32.0 Å². The second kappa shape index (κ2) is 8.56. The standard InChI is InChI=1S/C15H17BrO5/c1-3-20-14(18)9-21-15(19)10(2)7-13(17)11-5-4-6-12(16)8-11/h4-6,8,10H,3,7,9H2,1-2H3/t10-/m1/s1. The highest BCUT2D eigenvalue weighted by Crippen LogP contribution is 2.16. The zero-order valence-corrected chi connectivity index (χ0v) is 13.5. The van der Waals surface area contributed by atoms with Crippen LogP contribution in [-0.4, -0.2) is 30.9 Å². The van der Waals surface area contributed by atoms with Crippen molar-refractivity contribution in [3.63, 3.8) is 0 Å². The molecule has 0 aliphatic heterocycles. The summed E-state index contributed by atoms with van der Waals surface area (Å²) in [6.45, 7) is 3.05. The summed E-state index contributed by atoms with van der Waals surface area (Å²) in [4.78, 5) is 34.8. The van der Waals surface area contributed by atoms with Crippen molar-refractivity contribution in [2.75, 3.05) is 13.2 Å². The number of benzene rings is 1. The average Bonchev–Trinajstić information content (AvgIpc) is 2.44. The van der Waals surface area contributed by atoms with Crippen LogP contribution in [-0.2, 0) is 19.1 Å². The molecule has 0 amide bonds. The molecule has 0 bridgehead atoms. The van der Waals surface area contributed by atoms with E-state index >= 15 is 0 Å². The molecular formula is C15H17BrO5. The first-order chi connectivity index (χ1) is 9.93. The van der Waals surface area contributed by atoms with Crippen molar-refractivity contribution in [2.24, 2.45) is 5.92 Å². The number of hydrogen-bond donors (Lipinski definition) is 0. The minimum Gasteiger partial charge on any atom is -0.463 e. The van der Waals surface area contributed by atoms with Crippen LogP contribution in [0.15, 0.2) is 28.7 Å². The van der Waals surface area contributed by atoms with Crippen molar-refractivity contribution in [3.8, 4) is 0 Å². The van der Waals surface area contributed by atoms with Gasteiger partial charge in [0.05, 0.1) is 12.5 Å². The fourth-order valence-electron chi connectivity index (χ4n) is 1.62. The Hall–Kier alpha value is -1.69. The molecule has 6 heteroatoms. The molecule has 5 nitrogen and oxygen atoms in total. The van der Waals surface area contributed by atoms with E-state index in [1.165, 1.54) is 0 Å². The minimum atomic E-state index is -0.620. The van der Waals surface area contributed by atoms with Gasteiger partial charge >= 0.3 is 11.9 Å². The van der Waals surface area contributed by atoms with Gasteiger partial charge in [0, 0.05) is 16.5 Å². The van der Waals surface area contributed by atoms with Crippen LogP contribution in [0, 0.1) is 5.92 Å². The SMILES string of the molecule is CCOC(=O)COC(=O)[C@H](C)CC(=O)c1cccc(Br)c1. The molecule has 21 heavy (non-hydrogen) atoms. The van der Waals surface area contributed by atoms with Gasteiger partial charge in [0.1, 0.15) is 0 Å². The Morgan fingerprint density at radius 1 is 1.24 bits per heavy atom. The van der Waals surface area contributed by atoms with Crippen LogP contribution in [0.3, 0.4) is 0 Å². The fourth-order valence-corrected chi connectivity index (χ4v) is 2.02. The summed E-state index contributed by atoms with van der Waals surface area (Å²) in [5, 5.41) is 0. The lowest BCUT2D eigenvalue weighted by Crippen LogP contribution is -2.22. The van der Waals surface area contributed by atoms with Crippen LogP contribution in [0.4, 0.5) is 0 Å². The van der Waals surface area contributed by atoms with Gasteiger partial charge in [-0.25, -0.2) is 4.79 Å². The van der Waals surface area contributed by atoms with E-state index in [1.807, 2.05) is 6.07 Å². The lowest BCUT2D eigenvalue weighted by Gasteiger charge is -2.10. The van der Waals surface area contributed by atoms with Crippen LogP contribution in [0.2, 0.25) is 0 Å². The van der Waals surface area contributed by atoms with E-state index in [0.717, 1.165) is 4.47 Å². The third kappa shape index (κ3) is 6.08. The third-order valence-corrected chi connectivity index (χ3v) is 3.17. The number of hydrogen-bond acceptors (Lipinski definition) is 5. The van der Waals surface area contributed by atoms with Crippen molar-refractivity contribution >= 4 is 33.7 Å². The van der Waals surface area contributed by atoms with Crippen molar-refractivity contribution in [1.29, 1.82) is 0 Å². The molecule has 0 spiro atoms. The Balaban J connectivity index is 2.48. The molecule has 0 fully saturated rings. The molecule has 1 aromatic rings. The van der Waals surface area contributed by atoms with E-state index in [2.05, 4.69) is 20.7 Å². The minimum absolute atomic E-state index is 0.0259. The second-order valence-electron chi connectivity index (χ2n) is 4.45. The summed E-state index contributed by atoms with van der Waals surface area (Å²) < 4.78 is 10.2. The first-order valence-electron chi connectivity index (χ1n) is 6.55. The van der Waals surface area contributed by atoms with E-state index in [-0.39, 0.29) is 18.8 Å². The maximum absolute atomic E-state index is 12.0. The van der Waals surface area contributed by atoms with Gasteiger partial charge in [-0.15, -0.1) is 0 Å². The van der Waals surface area contributed by atoms with E-state index < -0.39 is 24.5 Å². The number of Topliss-reactive ketones (excluding diaryl/α,β-unsaturated/α-hetero) is 1. The third-order valence-electron chi connectivity index (χ3n) is 2.68. The molecule has 0 unspecified atom stereocenters. The number of esters is 2. The molecule has 0 radical (unpaired) electrons. The Morgan fingerprint density at radius 3 is 2.57 bits per heavy atom. The van der Waals surface area contributed by atoms with E-state index in [0.29, 0.717) is 5.56 Å². The van der Waals surface area contributed by atoms with Gasteiger partial charge in [-0.3, -0.25) is 9.59 Å². The maximum Gasteiger partial charge on any atom is 0.344 e. The van der Waals surface area contributed by atoms with Crippen LogP contribution < -0.4 is 0 Å². The number of halogens is 1. The van der Waals surface area contributed by atoms with E-state index in [9.17, 15) is 14.4 Å². The summed E-state index contributed by atoms with van der Waals surface area (Å²) >= 11 is 3.29. The molecule has 1 aromatic carbocycles. The molecule has 1 atom stereocenters. The van der Waals surface area contributed by atoms with Gasteiger partial charge in [-0.1, -0.05) is 35.0 Å². The lowest BCUT2D eigenvalue weighted by molar-refractivity contribution is -0.160. The molecule has 0 saturated heterocycles. The Bertz CT molecular complexity index is 527. The average molecular weight is 357 g/mol. The molecule has 1 rings (SSSR count). The summed E-state index contributed by atoms with van der Waals surface area (Å²) in [7, 11) is 0. The van der Waals surface area contributed by atoms with Crippen LogP contribution in [0.5, 0.6) is 0 Å². The lowest BCUT2D eigenvalue weighted by atomic mass is 10.00. The molecule has 0 heterocycles. The zero-order chi connectivity index (χ0) is 15.8. The molecule has 0 saturated carbocycles. The highest BCUT2D eigenvalue weighted by Gasteiger charge is 2.20. The fraction of sp³-hybridized carbons (Fsp3) is 0.400. The molecule has 0 aromatic heterocycles. The number of carbonyl (C=O) groups is 3. The summed E-state index contributed by atoms with van der Waals surface area (Å²) in [5.74, 6) is -1.97. The largest absolute Gasteiger partial charge is 0.463 e. The van der Waals surface area contributed by atoms with Gasteiger partial charge in [0.25, 0.3) is 0 Å². The van der Waals surface area contributed by atoms with Gasteiger partial charge in [0.15, 0.2) is 12.4 Å². The van der Waals surface area contributed by atoms with Gasteiger partial charge in [-0.2, -0.15) is 0 Å². The number of ether oxygens (including phenoxy) is 2. The summed E-state index contributed by atoms with van der Waals surface area (Å²) in [6.07, 6.45) is 0.0259. The van der Waals surface area contributed by atoms with Crippen LogP contribution in [0.25, 0.3) is 0 Å². The van der Waals surface area contributed by atoms with Crippen molar-refractivity contribution in [3.05, 3.63) is 34.3 Å².